The van der Waals surface area contributed by atoms with Crippen LogP contribution in [0, 0.1) is 70.0 Å². The van der Waals surface area contributed by atoms with Crippen LogP contribution < -0.4 is 0 Å². The summed E-state index contributed by atoms with van der Waals surface area (Å²) >= 11 is 0. The van der Waals surface area contributed by atoms with Gasteiger partial charge in [-0.1, -0.05) is 0 Å². The predicted octanol–water partition coefficient (Wildman–Crippen LogP) is 3.57. The summed E-state index contributed by atoms with van der Waals surface area (Å²) in [5, 5.41) is 0. The lowest BCUT2D eigenvalue weighted by molar-refractivity contribution is -0.0244. The first-order valence-corrected chi connectivity index (χ1v) is 8.89. The van der Waals surface area contributed by atoms with Gasteiger partial charge in [-0.3, -0.25) is 0 Å². The van der Waals surface area contributed by atoms with E-state index in [1.807, 2.05) is 0 Å². The molecule has 0 heteroatoms. The van der Waals surface area contributed by atoms with Gasteiger partial charge in [0, 0.05) is 0 Å². The lowest BCUT2D eigenvalue weighted by Crippen LogP contribution is -2.45. The molecule has 0 spiro atoms. The number of hydrogen-bond acceptors (Lipinski definition) is 0. The predicted molar refractivity (Wildman–Crippen MR) is 67.5 cm³/mol. The first-order valence-electron chi connectivity index (χ1n) is 8.89. The van der Waals surface area contributed by atoms with Gasteiger partial charge in [-0.15, -0.1) is 0 Å². The maximum absolute atomic E-state index is 1.71. The van der Waals surface area contributed by atoms with Gasteiger partial charge >= 0.3 is 0 Å². The largest absolute Gasteiger partial charge is 0.0493 e. The van der Waals surface area contributed by atoms with E-state index in [1.54, 1.807) is 38.5 Å². The third-order valence-corrected chi connectivity index (χ3v) is 10.7. The van der Waals surface area contributed by atoms with Crippen LogP contribution in [-0.4, -0.2) is 0 Å². The molecule has 10 fully saturated rings. The zero-order chi connectivity index (χ0) is 11.0. The molecule has 18 heavy (non-hydrogen) atoms. The molecule has 10 saturated carbocycles. The van der Waals surface area contributed by atoms with Crippen molar-refractivity contribution >= 4 is 0 Å². The monoisotopic (exact) mass is 238 g/mol. The van der Waals surface area contributed by atoms with Crippen LogP contribution in [0.3, 0.4) is 0 Å². The highest BCUT2D eigenvalue weighted by molar-refractivity contribution is 5.41. The molecule has 0 saturated heterocycles. The molecule has 12 bridgehead atoms. The third kappa shape index (κ3) is 0.454. The Morgan fingerprint density at radius 1 is 0.611 bits per heavy atom. The Morgan fingerprint density at radius 3 is 1.44 bits per heavy atom. The summed E-state index contributed by atoms with van der Waals surface area (Å²) in [5.41, 5.74) is 1.94. The van der Waals surface area contributed by atoms with Crippen LogP contribution in [0.4, 0.5) is 0 Å². The van der Waals surface area contributed by atoms with E-state index in [1.165, 1.54) is 59.2 Å². The van der Waals surface area contributed by atoms with E-state index in [2.05, 4.69) is 0 Å². The van der Waals surface area contributed by atoms with Crippen molar-refractivity contribution in [2.45, 2.75) is 38.5 Å². The molecule has 0 N–H and O–H groups in total. The highest BCUT2D eigenvalue weighted by atomic mass is 15.0. The van der Waals surface area contributed by atoms with E-state index < -0.39 is 0 Å². The van der Waals surface area contributed by atoms with Crippen molar-refractivity contribution in [2.24, 2.45) is 70.0 Å². The lowest BCUT2D eigenvalue weighted by Gasteiger charge is -2.49. The van der Waals surface area contributed by atoms with Gasteiger partial charge in [-0.2, -0.15) is 0 Å². The van der Waals surface area contributed by atoms with Gasteiger partial charge in [-0.05, 0) is 109 Å². The van der Waals surface area contributed by atoms with E-state index in [-0.39, 0.29) is 0 Å². The van der Waals surface area contributed by atoms with Crippen LogP contribution in [0.2, 0.25) is 0 Å². The van der Waals surface area contributed by atoms with Crippen molar-refractivity contribution in [3.8, 4) is 0 Å². The van der Waals surface area contributed by atoms with E-state index in [4.69, 9.17) is 0 Å². The summed E-state index contributed by atoms with van der Waals surface area (Å²) in [6.45, 7) is 0. The molecule has 0 aromatic heterocycles. The average molecular weight is 238 g/mol. The van der Waals surface area contributed by atoms with Gasteiger partial charge in [0.1, 0.15) is 0 Å². The zero-order valence-electron chi connectivity index (χ0n) is 11.0. The van der Waals surface area contributed by atoms with Crippen molar-refractivity contribution in [2.75, 3.05) is 0 Å². The van der Waals surface area contributed by atoms with Gasteiger partial charge in [0.05, 0.1) is 0 Å². The molecule has 0 aromatic carbocycles. The van der Waals surface area contributed by atoms with Crippen LogP contribution in [0.1, 0.15) is 38.5 Å². The van der Waals surface area contributed by atoms with Gasteiger partial charge in [-0.25, -0.2) is 0 Å². The Kier molecular flexibility index (Phi) is 0.873. The van der Waals surface area contributed by atoms with E-state index in [0.29, 0.717) is 0 Å². The fraction of sp³-hybridized carbons (Fsp3) is 1.00. The van der Waals surface area contributed by atoms with E-state index in [9.17, 15) is 0 Å². The Morgan fingerprint density at radius 2 is 1.11 bits per heavy atom. The second-order valence-electron chi connectivity index (χ2n) is 9.70. The summed E-state index contributed by atoms with van der Waals surface area (Å²) in [6, 6.07) is 0. The molecular formula is C18H22. The molecule has 10 aliphatic carbocycles. The highest BCUT2D eigenvalue weighted by Crippen LogP contribution is 2.99. The lowest BCUT2D eigenvalue weighted by atomic mass is 9.54. The van der Waals surface area contributed by atoms with Crippen LogP contribution in [0.15, 0.2) is 0 Å². The molecule has 12 unspecified atom stereocenters. The first kappa shape index (κ1) is 8.32. The SMILES string of the molecule is C1CC2(C34CCC5C6C(CC53)C64)C3CC4C(C13)C42. The molecule has 0 heterocycles. The molecule has 0 radical (unpaired) electrons. The minimum absolute atomic E-state index is 0.969. The Hall–Kier alpha value is 0. The molecule has 0 nitrogen and oxygen atoms in total. The van der Waals surface area contributed by atoms with Crippen molar-refractivity contribution in [1.29, 1.82) is 0 Å². The molecular weight excluding hydrogens is 216 g/mol. The third-order valence-electron chi connectivity index (χ3n) is 10.7. The molecule has 94 valence electrons. The molecule has 12 atom stereocenters. The smallest absolute Gasteiger partial charge is 0.0170 e. The molecule has 0 aliphatic heterocycles. The Balaban J connectivity index is 1.46. The second kappa shape index (κ2) is 1.89. The molecule has 0 aromatic rings. The van der Waals surface area contributed by atoms with Crippen molar-refractivity contribution in [1.82, 2.24) is 0 Å². The van der Waals surface area contributed by atoms with E-state index >= 15 is 0 Å². The van der Waals surface area contributed by atoms with Gasteiger partial charge in [0.2, 0.25) is 0 Å². The van der Waals surface area contributed by atoms with Gasteiger partial charge < -0.3 is 0 Å². The second-order valence-corrected chi connectivity index (χ2v) is 9.70. The summed E-state index contributed by atoms with van der Waals surface area (Å²) in [5.74, 6) is 12.7. The summed E-state index contributed by atoms with van der Waals surface area (Å²) < 4.78 is 0. The van der Waals surface area contributed by atoms with Crippen LogP contribution >= 0.6 is 0 Å². The fourth-order valence-electron chi connectivity index (χ4n) is 11.3. The minimum Gasteiger partial charge on any atom is -0.0493 e. The Labute approximate surface area is 109 Å². The van der Waals surface area contributed by atoms with Crippen molar-refractivity contribution in [3.05, 3.63) is 0 Å². The maximum atomic E-state index is 1.71. The normalized spacial score (nSPS) is 89.3. The molecule has 10 aliphatic rings. The Bertz CT molecular complexity index is 488. The maximum Gasteiger partial charge on any atom is -0.0170 e. The van der Waals surface area contributed by atoms with Crippen LogP contribution in [0.25, 0.3) is 0 Å². The van der Waals surface area contributed by atoms with Gasteiger partial charge in [0.15, 0.2) is 0 Å². The zero-order valence-corrected chi connectivity index (χ0v) is 11.0. The van der Waals surface area contributed by atoms with Gasteiger partial charge in [0.25, 0.3) is 0 Å². The minimum atomic E-state index is 0.969. The van der Waals surface area contributed by atoms with Crippen molar-refractivity contribution < 1.29 is 0 Å². The standard InChI is InChI=1S/C18H22/c1-3-17(11-5-9-13(7(1)11)15(9)17)18-4-2-8-12(18)6-10-14(8)16(10)18/h7-16H,1-6H2. The number of hydrogen-bond donors (Lipinski definition) is 0. The average Bonchev–Trinajstić information content (AvgIpc) is 2.93. The van der Waals surface area contributed by atoms with E-state index in [0.717, 1.165) is 10.8 Å². The summed E-state index contributed by atoms with van der Waals surface area (Å²) in [4.78, 5) is 0. The van der Waals surface area contributed by atoms with Crippen molar-refractivity contribution in [3.63, 3.8) is 0 Å². The van der Waals surface area contributed by atoms with Crippen LogP contribution in [0.5, 0.6) is 0 Å². The molecule has 0 amide bonds. The summed E-state index contributed by atoms with van der Waals surface area (Å²) in [7, 11) is 0. The number of rotatable bonds is 1. The fourth-order valence-corrected chi connectivity index (χ4v) is 11.3. The topological polar surface area (TPSA) is 0 Å². The van der Waals surface area contributed by atoms with Crippen LogP contribution in [-0.2, 0) is 0 Å². The highest BCUT2D eigenvalue weighted by Gasteiger charge is 2.93. The molecule has 10 rings (SSSR count). The quantitative estimate of drug-likeness (QED) is 0.655. The first-order chi connectivity index (χ1) is 8.89. The summed E-state index contributed by atoms with van der Waals surface area (Å²) in [6.07, 6.45) is 10.2.